The summed E-state index contributed by atoms with van der Waals surface area (Å²) in [6.45, 7) is 22.0. The van der Waals surface area contributed by atoms with Gasteiger partial charge < -0.3 is 4.90 Å². The first kappa shape index (κ1) is 20.0. The van der Waals surface area contributed by atoms with Crippen LogP contribution in [-0.4, -0.2) is 18.0 Å². The zero-order valence-electron chi connectivity index (χ0n) is 15.6. The van der Waals surface area contributed by atoms with E-state index in [-0.39, 0.29) is 5.41 Å². The van der Waals surface area contributed by atoms with Crippen LogP contribution in [0, 0.1) is 5.41 Å². The van der Waals surface area contributed by atoms with Gasteiger partial charge in [-0.25, -0.2) is 0 Å². The summed E-state index contributed by atoms with van der Waals surface area (Å²) >= 11 is 0. The highest BCUT2D eigenvalue weighted by atomic mass is 15.1. The molecule has 0 saturated heterocycles. The van der Waals surface area contributed by atoms with Gasteiger partial charge in [0.2, 0.25) is 0 Å². The Morgan fingerprint density at radius 3 is 2.19 bits per heavy atom. The Bertz CT molecular complexity index is 362. The van der Waals surface area contributed by atoms with Crippen molar-refractivity contribution in [1.82, 2.24) is 4.90 Å². The largest absolute Gasteiger partial charge is 0.371 e. The lowest BCUT2D eigenvalue weighted by molar-refractivity contribution is 0.285. The molecule has 0 fully saturated rings. The van der Waals surface area contributed by atoms with Crippen LogP contribution >= 0.6 is 0 Å². The van der Waals surface area contributed by atoms with E-state index in [4.69, 9.17) is 0 Å². The number of hydrogen-bond donors (Lipinski definition) is 0. The lowest BCUT2D eigenvalue weighted by Gasteiger charge is -2.34. The molecule has 0 rings (SSSR count). The van der Waals surface area contributed by atoms with E-state index in [1.807, 2.05) is 0 Å². The summed E-state index contributed by atoms with van der Waals surface area (Å²) in [6, 6.07) is 0. The fourth-order valence-electron chi connectivity index (χ4n) is 2.12. The van der Waals surface area contributed by atoms with Crippen molar-refractivity contribution in [1.29, 1.82) is 0 Å². The SMILES string of the molecule is C=C(N(C/C=C(\C)CCC=C(C)C)CCCC)C(C)(C)C. The fourth-order valence-corrected chi connectivity index (χ4v) is 2.12. The van der Waals surface area contributed by atoms with E-state index in [1.54, 1.807) is 0 Å². The highest BCUT2D eigenvalue weighted by Crippen LogP contribution is 2.27. The fraction of sp³-hybridized carbons (Fsp3) is 0.700. The molecule has 122 valence electrons. The summed E-state index contributed by atoms with van der Waals surface area (Å²) in [4.78, 5) is 2.45. The van der Waals surface area contributed by atoms with E-state index in [0.29, 0.717) is 0 Å². The molecule has 0 radical (unpaired) electrons. The van der Waals surface area contributed by atoms with E-state index in [9.17, 15) is 0 Å². The molecule has 0 saturated carbocycles. The lowest BCUT2D eigenvalue weighted by Crippen LogP contribution is -2.31. The number of allylic oxidation sites excluding steroid dienone is 4. The van der Waals surface area contributed by atoms with Gasteiger partial charge in [0.25, 0.3) is 0 Å². The predicted octanol–water partition coefficient (Wildman–Crippen LogP) is 6.34. The molecule has 0 aromatic rings. The van der Waals surface area contributed by atoms with Crippen molar-refractivity contribution < 1.29 is 0 Å². The van der Waals surface area contributed by atoms with Gasteiger partial charge in [0.05, 0.1) is 0 Å². The first-order valence-corrected chi connectivity index (χ1v) is 8.41. The highest BCUT2D eigenvalue weighted by molar-refractivity contribution is 5.09. The standard InChI is InChI=1S/C20H37N/c1-9-10-15-21(19(5)20(6,7)8)16-14-18(4)13-11-12-17(2)3/h12,14H,5,9-11,13,15-16H2,1-4,6-8H3/b18-14+. The third-order valence-corrected chi connectivity index (χ3v) is 3.78. The molecule has 0 aromatic heterocycles. The number of rotatable bonds is 9. The summed E-state index contributed by atoms with van der Waals surface area (Å²) in [6.07, 6.45) is 9.48. The molecule has 0 bridgehead atoms. The summed E-state index contributed by atoms with van der Waals surface area (Å²) in [5.74, 6) is 0. The van der Waals surface area contributed by atoms with Crippen LogP contribution in [0.5, 0.6) is 0 Å². The summed E-state index contributed by atoms with van der Waals surface area (Å²) in [5, 5.41) is 0. The van der Waals surface area contributed by atoms with Crippen LogP contribution in [0.3, 0.4) is 0 Å². The Hall–Kier alpha value is -0.980. The van der Waals surface area contributed by atoms with Crippen molar-refractivity contribution in [3.05, 3.63) is 35.6 Å². The van der Waals surface area contributed by atoms with Gasteiger partial charge in [0.1, 0.15) is 0 Å². The van der Waals surface area contributed by atoms with Crippen molar-refractivity contribution in [3.8, 4) is 0 Å². The molecule has 0 unspecified atom stereocenters. The molecule has 1 heteroatoms. The van der Waals surface area contributed by atoms with Gasteiger partial charge in [0.15, 0.2) is 0 Å². The summed E-state index contributed by atoms with van der Waals surface area (Å²) in [5.41, 5.74) is 4.30. The van der Waals surface area contributed by atoms with E-state index >= 15 is 0 Å². The molecular formula is C20H37N. The lowest BCUT2D eigenvalue weighted by atomic mass is 9.91. The molecule has 0 aliphatic carbocycles. The maximum atomic E-state index is 4.33. The average Bonchev–Trinajstić information content (AvgIpc) is 2.36. The quantitative estimate of drug-likeness (QED) is 0.448. The van der Waals surface area contributed by atoms with Crippen LogP contribution in [0.2, 0.25) is 0 Å². The first-order valence-electron chi connectivity index (χ1n) is 8.41. The van der Waals surface area contributed by atoms with Crippen LogP contribution in [0.25, 0.3) is 0 Å². The Balaban J connectivity index is 4.59. The van der Waals surface area contributed by atoms with E-state index in [2.05, 4.69) is 72.1 Å². The van der Waals surface area contributed by atoms with Crippen molar-refractivity contribution in [3.63, 3.8) is 0 Å². The van der Waals surface area contributed by atoms with Crippen LogP contribution in [0.4, 0.5) is 0 Å². The molecular weight excluding hydrogens is 254 g/mol. The van der Waals surface area contributed by atoms with Gasteiger partial charge in [-0.1, -0.05) is 64.0 Å². The monoisotopic (exact) mass is 291 g/mol. The van der Waals surface area contributed by atoms with E-state index < -0.39 is 0 Å². The summed E-state index contributed by atoms with van der Waals surface area (Å²) in [7, 11) is 0. The minimum atomic E-state index is 0.150. The molecule has 0 amide bonds. The molecule has 0 aliphatic rings. The zero-order chi connectivity index (χ0) is 16.5. The van der Waals surface area contributed by atoms with Gasteiger partial charge in [-0.3, -0.25) is 0 Å². The molecule has 21 heavy (non-hydrogen) atoms. The van der Waals surface area contributed by atoms with Gasteiger partial charge >= 0.3 is 0 Å². The second-order valence-electron chi connectivity index (χ2n) is 7.37. The molecule has 0 atom stereocenters. The van der Waals surface area contributed by atoms with Crippen molar-refractivity contribution in [2.45, 2.75) is 74.1 Å². The molecule has 1 nitrogen and oxygen atoms in total. The smallest absolute Gasteiger partial charge is 0.0359 e. The van der Waals surface area contributed by atoms with Crippen molar-refractivity contribution in [2.75, 3.05) is 13.1 Å². The Kier molecular flexibility index (Phi) is 9.41. The maximum absolute atomic E-state index is 4.33. The third kappa shape index (κ3) is 9.55. The van der Waals surface area contributed by atoms with Crippen LogP contribution < -0.4 is 0 Å². The maximum Gasteiger partial charge on any atom is 0.0359 e. The van der Waals surface area contributed by atoms with E-state index in [1.165, 1.54) is 29.7 Å². The Morgan fingerprint density at radius 1 is 1.10 bits per heavy atom. The Labute approximate surface area is 133 Å². The topological polar surface area (TPSA) is 3.24 Å². The van der Waals surface area contributed by atoms with Gasteiger partial charge in [-0.2, -0.15) is 0 Å². The number of nitrogens with zero attached hydrogens (tertiary/aromatic N) is 1. The molecule has 0 N–H and O–H groups in total. The molecule has 0 aliphatic heterocycles. The van der Waals surface area contributed by atoms with Gasteiger partial charge in [0, 0.05) is 24.2 Å². The molecule has 0 aromatic carbocycles. The minimum Gasteiger partial charge on any atom is -0.371 e. The van der Waals surface area contributed by atoms with Crippen molar-refractivity contribution >= 4 is 0 Å². The zero-order valence-corrected chi connectivity index (χ0v) is 15.6. The first-order chi connectivity index (χ1) is 9.68. The minimum absolute atomic E-state index is 0.150. The van der Waals surface area contributed by atoms with Gasteiger partial charge in [-0.05, 0) is 40.0 Å². The van der Waals surface area contributed by atoms with Crippen LogP contribution in [0.1, 0.15) is 74.1 Å². The Morgan fingerprint density at radius 2 is 1.71 bits per heavy atom. The predicted molar refractivity (Wildman–Crippen MR) is 97.5 cm³/mol. The average molecular weight is 292 g/mol. The van der Waals surface area contributed by atoms with Crippen molar-refractivity contribution in [2.24, 2.45) is 5.41 Å². The highest BCUT2D eigenvalue weighted by Gasteiger charge is 2.19. The second kappa shape index (κ2) is 9.87. The van der Waals surface area contributed by atoms with E-state index in [0.717, 1.165) is 25.9 Å². The normalized spacial score (nSPS) is 12.2. The van der Waals surface area contributed by atoms with Gasteiger partial charge in [-0.15, -0.1) is 0 Å². The summed E-state index contributed by atoms with van der Waals surface area (Å²) < 4.78 is 0. The third-order valence-electron chi connectivity index (χ3n) is 3.78. The number of hydrogen-bond acceptors (Lipinski definition) is 1. The van der Waals surface area contributed by atoms with Crippen LogP contribution in [0.15, 0.2) is 35.6 Å². The van der Waals surface area contributed by atoms with Crippen LogP contribution in [-0.2, 0) is 0 Å². The molecule has 0 spiro atoms. The molecule has 0 heterocycles. The number of unbranched alkanes of at least 4 members (excludes halogenated alkanes) is 1. The second-order valence-corrected chi connectivity index (χ2v) is 7.37.